The molecular weight excluding hydrogens is 395 g/mol. The van der Waals surface area contributed by atoms with E-state index in [0.29, 0.717) is 28.7 Å². The van der Waals surface area contributed by atoms with Crippen molar-refractivity contribution in [2.75, 3.05) is 26.2 Å². The molecule has 1 heterocycles. The van der Waals surface area contributed by atoms with Crippen molar-refractivity contribution in [3.05, 3.63) is 64.1 Å². The number of sulfonamides is 1. The van der Waals surface area contributed by atoms with Gasteiger partial charge in [-0.2, -0.15) is 4.31 Å². The number of rotatable bonds is 4. The molecule has 26 heavy (non-hydrogen) atoms. The van der Waals surface area contributed by atoms with Crippen LogP contribution in [-0.4, -0.2) is 49.7 Å². The van der Waals surface area contributed by atoms with Gasteiger partial charge in [0.15, 0.2) is 0 Å². The number of carbonyl (C=O) groups excluding carboxylic acids is 1. The van der Waals surface area contributed by atoms with Gasteiger partial charge in [0.25, 0.3) is 0 Å². The van der Waals surface area contributed by atoms with E-state index >= 15 is 0 Å². The van der Waals surface area contributed by atoms with Crippen molar-refractivity contribution in [1.29, 1.82) is 0 Å². The quantitative estimate of drug-likeness (QED) is 0.774. The van der Waals surface area contributed by atoms with Crippen molar-refractivity contribution in [3.8, 4) is 0 Å². The van der Waals surface area contributed by atoms with Crippen LogP contribution in [0.1, 0.15) is 5.56 Å². The van der Waals surface area contributed by atoms with Gasteiger partial charge in [0.1, 0.15) is 0 Å². The molecule has 8 heteroatoms. The summed E-state index contributed by atoms with van der Waals surface area (Å²) in [6.07, 6.45) is 0.101. The van der Waals surface area contributed by atoms with Crippen LogP contribution in [0.25, 0.3) is 0 Å². The summed E-state index contributed by atoms with van der Waals surface area (Å²) < 4.78 is 26.7. The fourth-order valence-electron chi connectivity index (χ4n) is 2.88. The number of hydrogen-bond donors (Lipinski definition) is 0. The highest BCUT2D eigenvalue weighted by molar-refractivity contribution is 7.89. The maximum absolute atomic E-state index is 12.6. The van der Waals surface area contributed by atoms with E-state index < -0.39 is 10.0 Å². The molecule has 0 aromatic heterocycles. The lowest BCUT2D eigenvalue weighted by Crippen LogP contribution is -2.50. The largest absolute Gasteiger partial charge is 0.340 e. The fraction of sp³-hybridized carbons (Fsp3) is 0.278. The summed E-state index contributed by atoms with van der Waals surface area (Å²) in [5.41, 5.74) is 0.597. The summed E-state index contributed by atoms with van der Waals surface area (Å²) in [7, 11) is -3.53. The van der Waals surface area contributed by atoms with Gasteiger partial charge in [-0.3, -0.25) is 4.79 Å². The predicted molar refractivity (Wildman–Crippen MR) is 102 cm³/mol. The number of hydrogen-bond acceptors (Lipinski definition) is 3. The molecule has 0 N–H and O–H groups in total. The van der Waals surface area contributed by atoms with Crippen molar-refractivity contribution in [1.82, 2.24) is 9.21 Å². The van der Waals surface area contributed by atoms with Crippen molar-refractivity contribution in [2.24, 2.45) is 0 Å². The molecule has 0 saturated carbocycles. The molecule has 1 fully saturated rings. The normalized spacial score (nSPS) is 15.8. The maximum Gasteiger partial charge on any atom is 0.243 e. The minimum absolute atomic E-state index is 0.101. The van der Waals surface area contributed by atoms with Gasteiger partial charge >= 0.3 is 0 Å². The molecule has 0 unspecified atom stereocenters. The minimum Gasteiger partial charge on any atom is -0.340 e. The van der Waals surface area contributed by atoms with Crippen LogP contribution in [0.4, 0.5) is 0 Å². The second-order valence-corrected chi connectivity index (χ2v) is 8.73. The number of amides is 1. The Hall–Kier alpha value is -1.60. The van der Waals surface area contributed by atoms with E-state index in [1.807, 2.05) is 0 Å². The van der Waals surface area contributed by atoms with Gasteiger partial charge in [-0.05, 0) is 29.8 Å². The van der Waals surface area contributed by atoms with E-state index in [4.69, 9.17) is 23.2 Å². The van der Waals surface area contributed by atoms with Gasteiger partial charge in [0.2, 0.25) is 15.9 Å². The van der Waals surface area contributed by atoms with Crippen molar-refractivity contribution >= 4 is 39.1 Å². The van der Waals surface area contributed by atoms with Crippen LogP contribution in [0.3, 0.4) is 0 Å². The van der Waals surface area contributed by atoms with E-state index in [0.717, 1.165) is 0 Å². The van der Waals surface area contributed by atoms with Crippen LogP contribution >= 0.6 is 23.2 Å². The Morgan fingerprint density at radius 2 is 1.46 bits per heavy atom. The molecule has 0 bridgehead atoms. The summed E-state index contributed by atoms with van der Waals surface area (Å²) >= 11 is 12.2. The summed E-state index contributed by atoms with van der Waals surface area (Å²) in [5, 5.41) is 0.910. The van der Waals surface area contributed by atoms with Crippen LogP contribution in [0.2, 0.25) is 10.0 Å². The lowest BCUT2D eigenvalue weighted by Gasteiger charge is -2.34. The zero-order valence-corrected chi connectivity index (χ0v) is 16.3. The molecule has 1 aliphatic rings. The molecule has 0 atom stereocenters. The molecule has 0 radical (unpaired) electrons. The van der Waals surface area contributed by atoms with Crippen LogP contribution in [-0.2, 0) is 21.2 Å². The maximum atomic E-state index is 12.6. The first-order valence-electron chi connectivity index (χ1n) is 8.15. The van der Waals surface area contributed by atoms with Crippen LogP contribution < -0.4 is 0 Å². The van der Waals surface area contributed by atoms with Crippen LogP contribution in [0, 0.1) is 0 Å². The first-order chi connectivity index (χ1) is 12.4. The number of nitrogens with zero attached hydrogens (tertiary/aromatic N) is 2. The smallest absolute Gasteiger partial charge is 0.243 e. The minimum atomic E-state index is -3.53. The van der Waals surface area contributed by atoms with Gasteiger partial charge in [-0.15, -0.1) is 0 Å². The second-order valence-electron chi connectivity index (χ2n) is 5.97. The molecule has 138 valence electrons. The number of halogens is 2. The number of piperazine rings is 1. The fourth-order valence-corrected chi connectivity index (χ4v) is 4.86. The zero-order chi connectivity index (χ0) is 18.7. The van der Waals surface area contributed by atoms with E-state index in [9.17, 15) is 13.2 Å². The Balaban J connectivity index is 1.64. The second kappa shape index (κ2) is 7.96. The summed E-state index contributed by atoms with van der Waals surface area (Å²) in [6, 6.07) is 13.4. The summed E-state index contributed by atoms with van der Waals surface area (Å²) in [6.45, 7) is 1.21. The molecule has 0 spiro atoms. The Kier molecular flexibility index (Phi) is 5.87. The van der Waals surface area contributed by atoms with Crippen LogP contribution in [0.15, 0.2) is 53.4 Å². The van der Waals surface area contributed by atoms with Gasteiger partial charge in [-0.25, -0.2) is 8.42 Å². The third-order valence-corrected chi connectivity index (χ3v) is 6.98. The standard InChI is InChI=1S/C18H18Cl2N2O3S/c19-16-7-4-8-17(20)15(16)13-18(23)21-9-11-22(12-10-21)26(24,25)14-5-2-1-3-6-14/h1-8H,9-13H2. The third-order valence-electron chi connectivity index (χ3n) is 4.36. The molecule has 2 aromatic rings. The average Bonchev–Trinajstić information content (AvgIpc) is 2.65. The van der Waals surface area contributed by atoms with Gasteiger partial charge in [-0.1, -0.05) is 47.5 Å². The molecule has 0 aliphatic carbocycles. The van der Waals surface area contributed by atoms with E-state index in [1.165, 1.54) is 4.31 Å². The average molecular weight is 413 g/mol. The molecule has 3 rings (SSSR count). The highest BCUT2D eigenvalue weighted by atomic mass is 35.5. The van der Waals surface area contributed by atoms with Gasteiger partial charge in [0.05, 0.1) is 11.3 Å². The lowest BCUT2D eigenvalue weighted by molar-refractivity contribution is -0.131. The Labute approximate surface area is 163 Å². The highest BCUT2D eigenvalue weighted by Crippen LogP contribution is 2.25. The van der Waals surface area contributed by atoms with Crippen molar-refractivity contribution in [2.45, 2.75) is 11.3 Å². The van der Waals surface area contributed by atoms with Crippen molar-refractivity contribution in [3.63, 3.8) is 0 Å². The zero-order valence-electron chi connectivity index (χ0n) is 13.9. The molecule has 1 saturated heterocycles. The molecule has 2 aromatic carbocycles. The van der Waals surface area contributed by atoms with Gasteiger partial charge < -0.3 is 4.90 Å². The van der Waals surface area contributed by atoms with E-state index in [2.05, 4.69) is 0 Å². The van der Waals surface area contributed by atoms with E-state index in [1.54, 1.807) is 53.4 Å². The van der Waals surface area contributed by atoms with Crippen LogP contribution in [0.5, 0.6) is 0 Å². The Morgan fingerprint density at radius 3 is 2.04 bits per heavy atom. The number of benzene rings is 2. The predicted octanol–water partition coefficient (Wildman–Crippen LogP) is 3.07. The Morgan fingerprint density at radius 1 is 0.885 bits per heavy atom. The molecule has 1 aliphatic heterocycles. The number of carbonyl (C=O) groups is 1. The third kappa shape index (κ3) is 4.04. The highest BCUT2D eigenvalue weighted by Gasteiger charge is 2.30. The summed E-state index contributed by atoms with van der Waals surface area (Å²) in [5.74, 6) is -0.114. The molecule has 5 nitrogen and oxygen atoms in total. The van der Waals surface area contributed by atoms with E-state index in [-0.39, 0.29) is 30.3 Å². The topological polar surface area (TPSA) is 57.7 Å². The molecular formula is C18H18Cl2N2O3S. The monoisotopic (exact) mass is 412 g/mol. The lowest BCUT2D eigenvalue weighted by atomic mass is 10.1. The SMILES string of the molecule is O=C(Cc1c(Cl)cccc1Cl)N1CCN(S(=O)(=O)c2ccccc2)CC1. The van der Waals surface area contributed by atoms with Gasteiger partial charge in [0, 0.05) is 36.2 Å². The Bertz CT molecular complexity index is 876. The first-order valence-corrected chi connectivity index (χ1v) is 10.3. The first kappa shape index (κ1) is 19.2. The summed E-state index contributed by atoms with van der Waals surface area (Å²) in [4.78, 5) is 14.5. The molecule has 1 amide bonds. The van der Waals surface area contributed by atoms with Crippen molar-refractivity contribution < 1.29 is 13.2 Å².